The predicted octanol–water partition coefficient (Wildman–Crippen LogP) is 1.93. The van der Waals surface area contributed by atoms with Crippen molar-refractivity contribution in [3.05, 3.63) is 79.8 Å². The fraction of sp³-hybridized carbons (Fsp3) is 0.273. The number of halogens is 1. The molecule has 10 heteroatoms. The quantitative estimate of drug-likeness (QED) is 0.546. The van der Waals surface area contributed by atoms with Gasteiger partial charge in [0.05, 0.1) is 6.61 Å². The first kappa shape index (κ1) is 21.6. The average molecular weight is 456 g/mol. The molecular formula is C22H22ClN5O4. The van der Waals surface area contributed by atoms with E-state index in [1.807, 2.05) is 42.2 Å². The highest BCUT2D eigenvalue weighted by molar-refractivity contribution is 6.31. The minimum absolute atomic E-state index is 0.204. The van der Waals surface area contributed by atoms with Gasteiger partial charge in [-0.15, -0.1) is 5.10 Å². The van der Waals surface area contributed by atoms with Crippen molar-refractivity contribution in [2.75, 3.05) is 18.1 Å². The van der Waals surface area contributed by atoms with E-state index in [-0.39, 0.29) is 13.1 Å². The van der Waals surface area contributed by atoms with Gasteiger partial charge in [0.15, 0.2) is 0 Å². The maximum Gasteiger partial charge on any atom is 0.333 e. The first-order chi connectivity index (χ1) is 15.5. The van der Waals surface area contributed by atoms with Crippen molar-refractivity contribution in [3.8, 4) is 5.75 Å². The van der Waals surface area contributed by atoms with E-state index in [1.165, 1.54) is 4.57 Å². The maximum atomic E-state index is 12.6. The number of ether oxygens (including phenoxy) is 1. The van der Waals surface area contributed by atoms with E-state index in [4.69, 9.17) is 16.3 Å². The van der Waals surface area contributed by atoms with E-state index in [0.29, 0.717) is 30.7 Å². The lowest BCUT2D eigenvalue weighted by Gasteiger charge is -2.18. The molecule has 2 heterocycles. The molecule has 1 aliphatic rings. The summed E-state index contributed by atoms with van der Waals surface area (Å²) in [6.07, 6.45) is 0. The number of hydrogen-bond donors (Lipinski definition) is 1. The summed E-state index contributed by atoms with van der Waals surface area (Å²) in [6.45, 7) is 3.12. The van der Waals surface area contributed by atoms with Crippen molar-refractivity contribution >= 4 is 29.1 Å². The average Bonchev–Trinajstić information content (AvgIpc) is 3.21. The summed E-state index contributed by atoms with van der Waals surface area (Å²) >= 11 is 6.10. The molecule has 1 aromatic heterocycles. The molecular weight excluding hydrogens is 434 g/mol. The molecule has 0 atom stereocenters. The van der Waals surface area contributed by atoms with E-state index in [2.05, 4.69) is 10.4 Å². The highest BCUT2D eigenvalue weighted by atomic mass is 35.5. The van der Waals surface area contributed by atoms with Crippen LogP contribution in [0.5, 0.6) is 5.75 Å². The molecule has 32 heavy (non-hydrogen) atoms. The lowest BCUT2D eigenvalue weighted by atomic mass is 10.2. The lowest BCUT2D eigenvalue weighted by molar-refractivity contribution is -0.122. The fourth-order valence-electron chi connectivity index (χ4n) is 3.49. The summed E-state index contributed by atoms with van der Waals surface area (Å²) < 4.78 is 7.70. The smallest absolute Gasteiger partial charge is 0.333 e. The third kappa shape index (κ3) is 4.38. The molecule has 4 rings (SSSR count). The largest absolute Gasteiger partial charge is 0.494 e. The molecule has 0 bridgehead atoms. The number of carbonyl (C=O) groups is 1. The molecule has 1 amide bonds. The van der Waals surface area contributed by atoms with Gasteiger partial charge >= 0.3 is 11.1 Å². The van der Waals surface area contributed by atoms with Gasteiger partial charge in [-0.1, -0.05) is 29.8 Å². The normalized spacial score (nSPS) is 12.5. The van der Waals surface area contributed by atoms with Gasteiger partial charge in [0.2, 0.25) is 11.9 Å². The highest BCUT2D eigenvalue weighted by Gasteiger charge is 2.26. The molecule has 1 aliphatic heterocycles. The van der Waals surface area contributed by atoms with Crippen molar-refractivity contribution in [2.24, 2.45) is 0 Å². The number of hydrogen-bond acceptors (Lipinski definition) is 6. The van der Waals surface area contributed by atoms with E-state index >= 15 is 0 Å². The van der Waals surface area contributed by atoms with Crippen molar-refractivity contribution < 1.29 is 9.53 Å². The molecule has 0 saturated heterocycles. The van der Waals surface area contributed by atoms with E-state index < -0.39 is 17.0 Å². The molecule has 166 valence electrons. The second kappa shape index (κ2) is 9.27. The number of fused-ring (bicyclic) bond motifs is 1. The van der Waals surface area contributed by atoms with Crippen molar-refractivity contribution in [1.29, 1.82) is 0 Å². The van der Waals surface area contributed by atoms with Gasteiger partial charge in [-0.25, -0.2) is 4.68 Å². The molecule has 0 unspecified atom stereocenters. The number of benzene rings is 2. The number of amides is 1. The zero-order valence-corrected chi connectivity index (χ0v) is 18.2. The molecule has 1 N–H and O–H groups in total. The first-order valence-corrected chi connectivity index (χ1v) is 10.6. The van der Waals surface area contributed by atoms with Crippen molar-refractivity contribution in [2.45, 2.75) is 26.6 Å². The van der Waals surface area contributed by atoms with Crippen LogP contribution in [0.4, 0.5) is 11.6 Å². The minimum Gasteiger partial charge on any atom is -0.494 e. The van der Waals surface area contributed by atoms with Crippen LogP contribution in [0.15, 0.2) is 58.1 Å². The maximum absolute atomic E-state index is 12.6. The lowest BCUT2D eigenvalue weighted by Crippen LogP contribution is -2.44. The summed E-state index contributed by atoms with van der Waals surface area (Å²) in [7, 11) is 0. The molecule has 0 radical (unpaired) electrons. The van der Waals surface area contributed by atoms with Crippen LogP contribution in [-0.2, 0) is 24.4 Å². The summed E-state index contributed by atoms with van der Waals surface area (Å²) in [4.78, 5) is 39.3. The molecule has 3 aromatic rings. The summed E-state index contributed by atoms with van der Waals surface area (Å²) in [5.74, 6) is 0.605. The molecule has 0 aliphatic carbocycles. The fourth-order valence-corrected chi connectivity index (χ4v) is 3.70. The van der Waals surface area contributed by atoms with Gasteiger partial charge in [-0.3, -0.25) is 19.0 Å². The van der Waals surface area contributed by atoms with Gasteiger partial charge < -0.3 is 15.0 Å². The Labute approximate surface area is 188 Å². The topological polar surface area (TPSA) is 98.5 Å². The zero-order valence-electron chi connectivity index (χ0n) is 17.5. The van der Waals surface area contributed by atoms with Crippen LogP contribution in [0.3, 0.4) is 0 Å². The van der Waals surface area contributed by atoms with Crippen LogP contribution in [0.1, 0.15) is 12.5 Å². The third-order valence-corrected chi connectivity index (χ3v) is 5.46. The van der Waals surface area contributed by atoms with E-state index in [0.717, 1.165) is 21.7 Å². The number of carbonyl (C=O) groups excluding carboxylic acids is 1. The van der Waals surface area contributed by atoms with Crippen LogP contribution < -0.4 is 26.1 Å². The number of anilines is 2. The van der Waals surface area contributed by atoms with Gasteiger partial charge in [0.1, 0.15) is 12.3 Å². The Bertz CT molecular complexity index is 1250. The molecule has 0 fully saturated rings. The van der Waals surface area contributed by atoms with Crippen LogP contribution in [0, 0.1) is 0 Å². The Balaban J connectivity index is 1.54. The summed E-state index contributed by atoms with van der Waals surface area (Å²) in [5.41, 5.74) is 0.0102. The second-order valence-corrected chi connectivity index (χ2v) is 7.57. The van der Waals surface area contributed by atoms with Gasteiger partial charge in [-0.2, -0.15) is 0 Å². The van der Waals surface area contributed by atoms with Crippen molar-refractivity contribution in [1.82, 2.24) is 19.7 Å². The Morgan fingerprint density at radius 2 is 1.84 bits per heavy atom. The zero-order chi connectivity index (χ0) is 22.7. The third-order valence-electron chi connectivity index (χ3n) is 5.09. The van der Waals surface area contributed by atoms with Crippen LogP contribution in [0.2, 0.25) is 5.02 Å². The van der Waals surface area contributed by atoms with Crippen LogP contribution in [0.25, 0.3) is 0 Å². The molecule has 2 aromatic carbocycles. The molecule has 9 nitrogen and oxygen atoms in total. The van der Waals surface area contributed by atoms with Crippen LogP contribution >= 0.6 is 11.6 Å². The van der Waals surface area contributed by atoms with E-state index in [1.54, 1.807) is 18.2 Å². The minimum atomic E-state index is -0.838. The highest BCUT2D eigenvalue weighted by Crippen LogP contribution is 2.28. The number of aromatic nitrogens is 3. The van der Waals surface area contributed by atoms with Crippen LogP contribution in [-0.4, -0.2) is 33.4 Å². The Hall–Kier alpha value is -3.59. The molecule has 0 spiro atoms. The Kier molecular flexibility index (Phi) is 6.27. The van der Waals surface area contributed by atoms with Crippen molar-refractivity contribution in [3.63, 3.8) is 0 Å². The monoisotopic (exact) mass is 455 g/mol. The van der Waals surface area contributed by atoms with Gasteiger partial charge in [-0.05, 0) is 42.8 Å². The summed E-state index contributed by atoms with van der Waals surface area (Å²) in [6, 6.07) is 14.5. The number of nitrogens with zero attached hydrogens (tertiary/aromatic N) is 4. The summed E-state index contributed by atoms with van der Waals surface area (Å²) in [5, 5.41) is 7.55. The predicted molar refractivity (Wildman–Crippen MR) is 121 cm³/mol. The number of nitrogens with one attached hydrogen (secondary N) is 1. The standard InChI is InChI=1S/C22H22ClN5O4/c1-2-32-17-9-7-16(8-10-17)26-11-12-27-20(30)21(31)28(25-22(26)27)14-19(29)24-13-15-5-3-4-6-18(15)23/h3-10H,2,11-14H2,1H3,(H,24,29). The Morgan fingerprint density at radius 3 is 2.56 bits per heavy atom. The first-order valence-electron chi connectivity index (χ1n) is 10.2. The SMILES string of the molecule is CCOc1ccc(N2CCn3c2nn(CC(=O)NCc2ccccc2Cl)c(=O)c3=O)cc1. The van der Waals surface area contributed by atoms with E-state index in [9.17, 15) is 14.4 Å². The molecule has 0 saturated carbocycles. The van der Waals surface area contributed by atoms with Gasteiger partial charge in [0, 0.05) is 30.3 Å². The second-order valence-electron chi connectivity index (χ2n) is 7.17. The number of rotatable bonds is 7. The van der Waals surface area contributed by atoms with Gasteiger partial charge in [0.25, 0.3) is 0 Å². The Morgan fingerprint density at radius 1 is 1.09 bits per heavy atom.